The first-order valence-corrected chi connectivity index (χ1v) is 11.2. The average molecular weight is 443 g/mol. The summed E-state index contributed by atoms with van der Waals surface area (Å²) in [5, 5.41) is 11.4. The molecule has 0 radical (unpaired) electrons. The van der Waals surface area contributed by atoms with E-state index in [1.165, 1.54) is 0 Å². The third-order valence-electron chi connectivity index (χ3n) is 6.09. The highest BCUT2D eigenvalue weighted by atomic mass is 16.5. The first-order valence-electron chi connectivity index (χ1n) is 11.2. The van der Waals surface area contributed by atoms with Crippen LogP contribution < -0.4 is 9.47 Å². The van der Waals surface area contributed by atoms with Crippen LogP contribution in [0.25, 0.3) is 21.8 Å². The minimum atomic E-state index is -0.882. The van der Waals surface area contributed by atoms with E-state index in [0.29, 0.717) is 31.8 Å². The van der Waals surface area contributed by atoms with E-state index < -0.39 is 5.97 Å². The lowest BCUT2D eigenvalue weighted by Gasteiger charge is -2.16. The van der Waals surface area contributed by atoms with Gasteiger partial charge in [0.25, 0.3) is 0 Å². The van der Waals surface area contributed by atoms with Crippen LogP contribution in [0.5, 0.6) is 11.5 Å². The molecule has 0 aliphatic heterocycles. The minimum Gasteiger partial charge on any atom is -0.493 e. The summed E-state index contributed by atoms with van der Waals surface area (Å²) in [7, 11) is 0. The predicted molar refractivity (Wildman–Crippen MR) is 126 cm³/mol. The third kappa shape index (κ3) is 4.29. The Bertz CT molecular complexity index is 1350. The fourth-order valence-corrected chi connectivity index (χ4v) is 4.58. The summed E-state index contributed by atoms with van der Waals surface area (Å²) < 4.78 is 13.6. The molecule has 1 aliphatic carbocycles. The van der Waals surface area contributed by atoms with Gasteiger partial charge in [-0.25, -0.2) is 0 Å². The Labute approximate surface area is 191 Å². The van der Waals surface area contributed by atoms with Crippen molar-refractivity contribution in [3.05, 3.63) is 71.8 Å². The molecule has 0 atom stereocenters. The number of ether oxygens (including phenoxy) is 2. The Morgan fingerprint density at radius 2 is 1.61 bits per heavy atom. The van der Waals surface area contributed by atoms with E-state index >= 15 is 0 Å². The number of para-hydroxylation sites is 1. The fraction of sp³-hybridized carbons (Fsp3) is 0.259. The van der Waals surface area contributed by atoms with E-state index in [0.717, 1.165) is 51.5 Å². The highest BCUT2D eigenvalue weighted by molar-refractivity contribution is 6.08. The number of benzene rings is 3. The Balaban J connectivity index is 1.23. The normalized spacial score (nSPS) is 13.3. The van der Waals surface area contributed by atoms with Crippen LogP contribution in [0.4, 0.5) is 0 Å². The number of nitrogens with zero attached hydrogens (tertiary/aromatic N) is 1. The first kappa shape index (κ1) is 21.1. The molecule has 1 heterocycles. The quantitative estimate of drug-likeness (QED) is 0.377. The number of aliphatic carboxylic acids is 1. The number of carbonyl (C=O) groups is 2. The number of hydrogen-bond acceptors (Lipinski definition) is 4. The van der Waals surface area contributed by atoms with Crippen molar-refractivity contribution in [2.75, 3.05) is 13.2 Å². The lowest BCUT2D eigenvalue weighted by Crippen LogP contribution is -2.11. The predicted octanol–water partition coefficient (Wildman–Crippen LogP) is 5.25. The van der Waals surface area contributed by atoms with Gasteiger partial charge in [-0.1, -0.05) is 18.2 Å². The van der Waals surface area contributed by atoms with E-state index in [1.807, 2.05) is 65.2 Å². The van der Waals surface area contributed by atoms with Crippen LogP contribution in [0.1, 0.15) is 35.2 Å². The van der Waals surface area contributed by atoms with Crippen molar-refractivity contribution in [2.24, 2.45) is 0 Å². The second kappa shape index (κ2) is 8.98. The zero-order chi connectivity index (χ0) is 22.8. The Kier molecular flexibility index (Phi) is 5.73. The van der Waals surface area contributed by atoms with Gasteiger partial charge in [-0.2, -0.15) is 0 Å². The van der Waals surface area contributed by atoms with Crippen LogP contribution in [0.3, 0.4) is 0 Å². The molecule has 6 heteroatoms. The fourth-order valence-electron chi connectivity index (χ4n) is 4.58. The third-order valence-corrected chi connectivity index (χ3v) is 6.09. The Morgan fingerprint density at radius 1 is 0.879 bits per heavy atom. The smallest absolute Gasteiger partial charge is 0.323 e. The molecular weight excluding hydrogens is 418 g/mol. The van der Waals surface area contributed by atoms with Crippen LogP contribution >= 0.6 is 0 Å². The number of ketones is 1. The number of carbonyl (C=O) groups excluding carboxylic acids is 1. The number of carboxylic acid groups (broad SMARTS) is 1. The molecule has 6 nitrogen and oxygen atoms in total. The second-order valence-corrected chi connectivity index (χ2v) is 8.32. The van der Waals surface area contributed by atoms with Gasteiger partial charge in [-0.3, -0.25) is 9.59 Å². The van der Waals surface area contributed by atoms with Crippen LogP contribution in [0.2, 0.25) is 0 Å². The van der Waals surface area contributed by atoms with Crippen molar-refractivity contribution in [3.8, 4) is 11.5 Å². The van der Waals surface area contributed by atoms with Crippen molar-refractivity contribution in [2.45, 2.75) is 32.2 Å². The molecule has 33 heavy (non-hydrogen) atoms. The molecule has 0 amide bonds. The van der Waals surface area contributed by atoms with Gasteiger partial charge in [0.15, 0.2) is 5.78 Å². The SMILES string of the molecule is O=C(O)Cn1c2ccccc2c2ccc(OCCCOc3ccc4c(c3)CCCC4=O)cc21. The first-order chi connectivity index (χ1) is 16.1. The van der Waals surface area contributed by atoms with Crippen LogP contribution in [0, 0.1) is 0 Å². The molecule has 0 saturated carbocycles. The van der Waals surface area contributed by atoms with Gasteiger partial charge in [0.2, 0.25) is 0 Å². The highest BCUT2D eigenvalue weighted by Gasteiger charge is 2.17. The summed E-state index contributed by atoms with van der Waals surface area (Å²) in [6.45, 7) is 0.885. The van der Waals surface area contributed by atoms with E-state index in [4.69, 9.17) is 9.47 Å². The van der Waals surface area contributed by atoms with Gasteiger partial charge >= 0.3 is 5.97 Å². The minimum absolute atomic E-state index is 0.103. The van der Waals surface area contributed by atoms with Gasteiger partial charge in [-0.05, 0) is 54.8 Å². The number of fused-ring (bicyclic) bond motifs is 4. The molecule has 168 valence electrons. The number of aryl methyl sites for hydroxylation is 1. The molecule has 0 unspecified atom stereocenters. The van der Waals surface area contributed by atoms with Gasteiger partial charge in [-0.15, -0.1) is 0 Å². The summed E-state index contributed by atoms with van der Waals surface area (Å²) in [6, 6.07) is 19.3. The molecule has 1 N–H and O–H groups in total. The number of Topliss-reactive ketones (excluding diaryl/α,β-unsaturated/α-hetero) is 1. The maximum Gasteiger partial charge on any atom is 0.323 e. The lowest BCUT2D eigenvalue weighted by molar-refractivity contribution is -0.137. The van der Waals surface area contributed by atoms with Gasteiger partial charge in [0, 0.05) is 40.8 Å². The van der Waals surface area contributed by atoms with Crippen LogP contribution in [-0.4, -0.2) is 34.6 Å². The summed E-state index contributed by atoms with van der Waals surface area (Å²) in [6.07, 6.45) is 3.15. The molecule has 0 fully saturated rings. The van der Waals surface area contributed by atoms with Crippen LogP contribution in [0.15, 0.2) is 60.7 Å². The summed E-state index contributed by atoms with van der Waals surface area (Å²) in [5.41, 5.74) is 3.64. The molecular formula is C27H25NO5. The maximum atomic E-state index is 11.9. The van der Waals surface area contributed by atoms with Gasteiger partial charge < -0.3 is 19.1 Å². The molecule has 3 aromatic carbocycles. The topological polar surface area (TPSA) is 77.8 Å². The van der Waals surface area contributed by atoms with E-state index in [2.05, 4.69) is 0 Å². The molecule has 4 aromatic rings. The molecule has 1 aromatic heterocycles. The van der Waals surface area contributed by atoms with Crippen molar-refractivity contribution >= 4 is 33.6 Å². The number of aromatic nitrogens is 1. The number of rotatable bonds is 8. The van der Waals surface area contributed by atoms with Crippen molar-refractivity contribution in [3.63, 3.8) is 0 Å². The van der Waals surface area contributed by atoms with Gasteiger partial charge in [0.05, 0.1) is 18.7 Å². The molecule has 5 rings (SSSR count). The van der Waals surface area contributed by atoms with Crippen molar-refractivity contribution in [1.29, 1.82) is 0 Å². The Hall–Kier alpha value is -3.80. The molecule has 1 aliphatic rings. The zero-order valence-corrected chi connectivity index (χ0v) is 18.3. The van der Waals surface area contributed by atoms with E-state index in [1.54, 1.807) is 0 Å². The monoisotopic (exact) mass is 443 g/mol. The van der Waals surface area contributed by atoms with Crippen molar-refractivity contribution < 1.29 is 24.2 Å². The molecule has 0 saturated heterocycles. The summed E-state index contributed by atoms with van der Waals surface area (Å²) >= 11 is 0. The summed E-state index contributed by atoms with van der Waals surface area (Å²) in [4.78, 5) is 23.4. The standard InChI is InChI=1S/C27H25NO5/c29-26-8-3-5-18-15-19(9-11-21(18)26)32-13-4-14-33-20-10-12-23-22-6-1-2-7-24(22)28(17-27(30)31)25(23)16-20/h1-2,6-7,9-12,15-16H,3-5,8,13-14,17H2,(H,30,31). The Morgan fingerprint density at radius 3 is 2.42 bits per heavy atom. The number of hydrogen-bond donors (Lipinski definition) is 1. The zero-order valence-electron chi connectivity index (χ0n) is 18.3. The molecule has 0 spiro atoms. The largest absolute Gasteiger partial charge is 0.493 e. The number of carboxylic acids is 1. The second-order valence-electron chi connectivity index (χ2n) is 8.32. The summed E-state index contributed by atoms with van der Waals surface area (Å²) in [5.74, 6) is 0.815. The maximum absolute atomic E-state index is 11.9. The average Bonchev–Trinajstić information content (AvgIpc) is 3.11. The van der Waals surface area contributed by atoms with Crippen molar-refractivity contribution in [1.82, 2.24) is 4.57 Å². The van der Waals surface area contributed by atoms with Crippen LogP contribution in [-0.2, 0) is 17.8 Å². The molecule has 0 bridgehead atoms. The van der Waals surface area contributed by atoms with E-state index in [-0.39, 0.29) is 12.3 Å². The van der Waals surface area contributed by atoms with E-state index in [9.17, 15) is 14.7 Å². The highest BCUT2D eigenvalue weighted by Crippen LogP contribution is 2.31. The van der Waals surface area contributed by atoms with Gasteiger partial charge in [0.1, 0.15) is 18.0 Å². The lowest BCUT2D eigenvalue weighted by atomic mass is 9.91.